The van der Waals surface area contributed by atoms with Gasteiger partial charge >= 0.3 is 0 Å². The van der Waals surface area contributed by atoms with Crippen LogP contribution in [0.1, 0.15) is 25.1 Å². The predicted octanol–water partition coefficient (Wildman–Crippen LogP) is 1.02. The van der Waals surface area contributed by atoms with Crippen molar-refractivity contribution in [3.63, 3.8) is 0 Å². The molecule has 0 aromatic carbocycles. The van der Waals surface area contributed by atoms with Gasteiger partial charge in [-0.25, -0.2) is 0 Å². The third-order valence-corrected chi connectivity index (χ3v) is 1.80. The summed E-state index contributed by atoms with van der Waals surface area (Å²) in [6.45, 7) is 2.01. The fraction of sp³-hybridized carbons (Fsp3) is 0.500. The highest BCUT2D eigenvalue weighted by Crippen LogP contribution is 2.14. The molecule has 3 nitrogen and oxygen atoms in total. The maximum Gasteiger partial charge on any atom is 0.122 e. The lowest BCUT2D eigenvalue weighted by Crippen LogP contribution is -2.32. The molecule has 0 spiro atoms. The van der Waals surface area contributed by atoms with Crippen molar-refractivity contribution in [1.82, 2.24) is 0 Å². The van der Waals surface area contributed by atoms with Crippen LogP contribution in [-0.4, -0.2) is 6.04 Å². The molecule has 1 rings (SSSR count). The summed E-state index contributed by atoms with van der Waals surface area (Å²) >= 11 is 0. The molecule has 2 atom stereocenters. The number of hydrogen-bond acceptors (Lipinski definition) is 3. The van der Waals surface area contributed by atoms with Crippen LogP contribution >= 0.6 is 0 Å². The second-order valence-corrected chi connectivity index (χ2v) is 2.61. The number of rotatable bonds is 3. The monoisotopic (exact) mass is 154 g/mol. The topological polar surface area (TPSA) is 65.2 Å². The zero-order valence-corrected chi connectivity index (χ0v) is 6.66. The van der Waals surface area contributed by atoms with Gasteiger partial charge in [0, 0.05) is 6.04 Å². The Kier molecular flexibility index (Phi) is 2.68. The molecule has 1 aromatic rings. The highest BCUT2D eigenvalue weighted by Gasteiger charge is 2.15. The van der Waals surface area contributed by atoms with Gasteiger partial charge in [0.1, 0.15) is 5.76 Å². The van der Waals surface area contributed by atoms with Gasteiger partial charge in [-0.3, -0.25) is 0 Å². The van der Waals surface area contributed by atoms with E-state index in [1.807, 2.05) is 19.1 Å². The van der Waals surface area contributed by atoms with E-state index < -0.39 is 0 Å². The molecule has 0 bridgehead atoms. The fourth-order valence-electron chi connectivity index (χ4n) is 0.946. The van der Waals surface area contributed by atoms with Gasteiger partial charge in [0.05, 0.1) is 12.3 Å². The first-order valence-electron chi connectivity index (χ1n) is 3.80. The molecule has 0 aliphatic rings. The van der Waals surface area contributed by atoms with E-state index >= 15 is 0 Å². The minimum absolute atomic E-state index is 0.0128. The normalized spacial score (nSPS) is 16.3. The van der Waals surface area contributed by atoms with E-state index in [1.54, 1.807) is 6.26 Å². The Morgan fingerprint density at radius 1 is 1.55 bits per heavy atom. The third kappa shape index (κ3) is 1.82. The van der Waals surface area contributed by atoms with Crippen molar-refractivity contribution >= 4 is 0 Å². The van der Waals surface area contributed by atoms with E-state index in [4.69, 9.17) is 15.9 Å². The minimum Gasteiger partial charge on any atom is -0.468 e. The van der Waals surface area contributed by atoms with Crippen LogP contribution in [0.4, 0.5) is 0 Å². The second-order valence-electron chi connectivity index (χ2n) is 2.61. The Labute approximate surface area is 66.4 Å². The van der Waals surface area contributed by atoms with Crippen LogP contribution < -0.4 is 11.5 Å². The summed E-state index contributed by atoms with van der Waals surface area (Å²) in [7, 11) is 0. The van der Waals surface area contributed by atoms with Crippen molar-refractivity contribution in [1.29, 1.82) is 0 Å². The van der Waals surface area contributed by atoms with E-state index in [-0.39, 0.29) is 12.1 Å². The summed E-state index contributed by atoms with van der Waals surface area (Å²) in [5.41, 5.74) is 11.5. The first kappa shape index (κ1) is 8.30. The van der Waals surface area contributed by atoms with Crippen LogP contribution in [0.2, 0.25) is 0 Å². The van der Waals surface area contributed by atoms with Crippen molar-refractivity contribution in [3.05, 3.63) is 24.2 Å². The van der Waals surface area contributed by atoms with Crippen molar-refractivity contribution in [2.45, 2.75) is 25.4 Å². The van der Waals surface area contributed by atoms with Gasteiger partial charge in [-0.15, -0.1) is 0 Å². The Morgan fingerprint density at radius 2 is 2.27 bits per heavy atom. The Balaban J connectivity index is 2.62. The molecule has 0 amide bonds. The number of furan rings is 1. The number of hydrogen-bond donors (Lipinski definition) is 2. The predicted molar refractivity (Wildman–Crippen MR) is 43.9 cm³/mol. The van der Waals surface area contributed by atoms with E-state index in [0.29, 0.717) is 0 Å². The van der Waals surface area contributed by atoms with Gasteiger partial charge in [-0.1, -0.05) is 6.92 Å². The van der Waals surface area contributed by atoms with Crippen LogP contribution in [0, 0.1) is 0 Å². The summed E-state index contributed by atoms with van der Waals surface area (Å²) in [5, 5.41) is 0. The van der Waals surface area contributed by atoms with E-state index in [2.05, 4.69) is 0 Å². The molecular weight excluding hydrogens is 140 g/mol. The molecule has 3 heteroatoms. The lowest BCUT2D eigenvalue weighted by atomic mass is 10.1. The molecule has 2 unspecified atom stereocenters. The maximum atomic E-state index is 5.77. The van der Waals surface area contributed by atoms with Crippen LogP contribution in [0.3, 0.4) is 0 Å². The lowest BCUT2D eigenvalue weighted by Gasteiger charge is -2.15. The summed E-state index contributed by atoms with van der Waals surface area (Å²) in [6.07, 6.45) is 2.47. The van der Waals surface area contributed by atoms with Crippen LogP contribution in [0.25, 0.3) is 0 Å². The van der Waals surface area contributed by atoms with Gasteiger partial charge in [-0.05, 0) is 18.6 Å². The van der Waals surface area contributed by atoms with Crippen molar-refractivity contribution < 1.29 is 4.42 Å². The largest absolute Gasteiger partial charge is 0.468 e. The van der Waals surface area contributed by atoms with E-state index in [0.717, 1.165) is 12.2 Å². The summed E-state index contributed by atoms with van der Waals surface area (Å²) < 4.78 is 5.11. The van der Waals surface area contributed by atoms with Crippen LogP contribution in [0.5, 0.6) is 0 Å². The summed E-state index contributed by atoms with van der Waals surface area (Å²) in [5.74, 6) is 0.763. The summed E-state index contributed by atoms with van der Waals surface area (Å²) in [4.78, 5) is 0. The zero-order chi connectivity index (χ0) is 8.27. The average molecular weight is 154 g/mol. The molecule has 4 N–H and O–H groups in total. The highest BCUT2D eigenvalue weighted by atomic mass is 16.3. The molecule has 0 aliphatic carbocycles. The van der Waals surface area contributed by atoms with Crippen LogP contribution in [-0.2, 0) is 0 Å². The van der Waals surface area contributed by atoms with Gasteiger partial charge in [0.2, 0.25) is 0 Å². The molecule has 0 fully saturated rings. The first-order chi connectivity index (χ1) is 5.25. The van der Waals surface area contributed by atoms with E-state index in [9.17, 15) is 0 Å². The smallest absolute Gasteiger partial charge is 0.122 e. The fourth-order valence-corrected chi connectivity index (χ4v) is 0.946. The molecule has 1 aromatic heterocycles. The highest BCUT2D eigenvalue weighted by molar-refractivity contribution is 5.05. The Bertz CT molecular complexity index is 196. The molecule has 62 valence electrons. The molecule has 1 heterocycles. The summed E-state index contributed by atoms with van der Waals surface area (Å²) in [6, 6.07) is 3.48. The number of nitrogens with two attached hydrogens (primary N) is 2. The average Bonchev–Trinajstić information content (AvgIpc) is 2.53. The van der Waals surface area contributed by atoms with Crippen molar-refractivity contribution in [2.24, 2.45) is 11.5 Å². The molecule has 0 saturated carbocycles. The SMILES string of the molecule is CCC(N)C(N)c1ccco1. The van der Waals surface area contributed by atoms with Gasteiger partial charge in [0.25, 0.3) is 0 Å². The minimum atomic E-state index is -0.171. The Morgan fingerprint density at radius 3 is 2.73 bits per heavy atom. The first-order valence-corrected chi connectivity index (χ1v) is 3.80. The van der Waals surface area contributed by atoms with Gasteiger partial charge in [-0.2, -0.15) is 0 Å². The van der Waals surface area contributed by atoms with Crippen LogP contribution in [0.15, 0.2) is 22.8 Å². The van der Waals surface area contributed by atoms with Crippen molar-refractivity contribution in [3.8, 4) is 0 Å². The van der Waals surface area contributed by atoms with Gasteiger partial charge in [0.15, 0.2) is 0 Å². The van der Waals surface area contributed by atoms with Crippen molar-refractivity contribution in [2.75, 3.05) is 0 Å². The quantitative estimate of drug-likeness (QED) is 0.683. The van der Waals surface area contributed by atoms with Gasteiger partial charge < -0.3 is 15.9 Å². The molecule has 0 radical (unpaired) electrons. The molecule has 0 saturated heterocycles. The van der Waals surface area contributed by atoms with E-state index in [1.165, 1.54) is 0 Å². The standard InChI is InChI=1S/C8H14N2O/c1-2-6(9)8(10)7-4-3-5-11-7/h3-6,8H,2,9-10H2,1H3. The Hall–Kier alpha value is -0.800. The molecular formula is C8H14N2O. The second kappa shape index (κ2) is 3.55. The third-order valence-electron chi connectivity index (χ3n) is 1.80. The molecule has 11 heavy (non-hydrogen) atoms. The maximum absolute atomic E-state index is 5.77. The lowest BCUT2D eigenvalue weighted by molar-refractivity contribution is 0.417. The molecule has 0 aliphatic heterocycles. The zero-order valence-electron chi connectivity index (χ0n) is 6.66.